The van der Waals surface area contributed by atoms with Gasteiger partial charge in [-0.2, -0.15) is 0 Å². The van der Waals surface area contributed by atoms with Crippen molar-refractivity contribution in [2.24, 2.45) is 0 Å². The minimum absolute atomic E-state index is 0.0641. The molecule has 2 aliphatic rings. The van der Waals surface area contributed by atoms with Gasteiger partial charge >= 0.3 is 5.97 Å². The van der Waals surface area contributed by atoms with Crippen LogP contribution in [-0.4, -0.2) is 50.7 Å². The Kier molecular flexibility index (Phi) is 3.81. The number of carbonyl (C=O) groups excluding carboxylic acids is 3. The number of ether oxygens (including phenoxy) is 1. The normalized spacial score (nSPS) is 22.9. The van der Waals surface area contributed by atoms with Crippen LogP contribution in [0.25, 0.3) is 0 Å². The number of aromatic hydroxyl groups is 2. The lowest BCUT2D eigenvalue weighted by Gasteiger charge is -2.36. The molecule has 8 nitrogen and oxygen atoms in total. The predicted molar refractivity (Wildman–Crippen MR) is 93.3 cm³/mol. The fraction of sp³-hybridized carbons (Fsp3) is 0.250. The predicted octanol–water partition coefficient (Wildman–Crippen LogP) is 0.757. The van der Waals surface area contributed by atoms with Crippen LogP contribution >= 0.6 is 0 Å². The molecule has 0 aliphatic heterocycles. The highest BCUT2D eigenvalue weighted by Crippen LogP contribution is 2.50. The summed E-state index contributed by atoms with van der Waals surface area (Å²) >= 11 is 0. The zero-order chi connectivity index (χ0) is 20.4. The molecule has 2 atom stereocenters. The van der Waals surface area contributed by atoms with Gasteiger partial charge < -0.3 is 25.2 Å². The van der Waals surface area contributed by atoms with Crippen molar-refractivity contribution in [3.8, 4) is 11.5 Å². The first-order valence-electron chi connectivity index (χ1n) is 8.49. The van der Waals surface area contributed by atoms with Crippen LogP contribution in [0.4, 0.5) is 0 Å². The molecule has 0 aromatic heterocycles. The van der Waals surface area contributed by atoms with Gasteiger partial charge in [-0.05, 0) is 0 Å². The number of carbonyl (C=O) groups is 3. The van der Waals surface area contributed by atoms with Crippen molar-refractivity contribution >= 4 is 17.5 Å². The number of fused-ring (bicyclic) bond motifs is 3. The third kappa shape index (κ3) is 2.22. The lowest BCUT2D eigenvalue weighted by molar-refractivity contribution is -0.167. The number of hydrogen-bond donors (Lipinski definition) is 4. The third-order valence-corrected chi connectivity index (χ3v) is 5.36. The number of hydrogen-bond acceptors (Lipinski definition) is 8. The Hall–Kier alpha value is -3.23. The van der Waals surface area contributed by atoms with Crippen molar-refractivity contribution in [1.82, 2.24) is 0 Å². The second-order valence-electron chi connectivity index (χ2n) is 6.96. The van der Waals surface area contributed by atoms with Crippen molar-refractivity contribution in [2.45, 2.75) is 24.5 Å². The molecule has 2 aliphatic carbocycles. The first kappa shape index (κ1) is 18.1. The monoisotopic (exact) mass is 384 g/mol. The maximum Gasteiger partial charge on any atom is 0.338 e. The van der Waals surface area contributed by atoms with Crippen molar-refractivity contribution in [3.63, 3.8) is 0 Å². The number of aliphatic hydroxyl groups is 2. The molecule has 0 heterocycles. The molecule has 0 saturated heterocycles. The summed E-state index contributed by atoms with van der Waals surface area (Å²) in [5.74, 6) is -3.67. The molecule has 2 aromatic rings. The Morgan fingerprint density at radius 2 is 1.61 bits per heavy atom. The highest BCUT2D eigenvalue weighted by Gasteiger charge is 2.48. The van der Waals surface area contributed by atoms with Gasteiger partial charge in [0.1, 0.15) is 11.5 Å². The minimum Gasteiger partial charge on any atom is -0.507 e. The molecule has 144 valence electrons. The SMILES string of the molecule is COC(=O)[C@]1(O)Cc2c(O)c3c(c(O)c2[C@@H](O)C1)C(=O)c1ccccc1C3=O. The first-order chi connectivity index (χ1) is 13.2. The topological polar surface area (TPSA) is 141 Å². The quantitative estimate of drug-likeness (QED) is 0.356. The van der Waals surface area contributed by atoms with E-state index in [1.807, 2.05) is 0 Å². The van der Waals surface area contributed by atoms with Crippen LogP contribution in [0.15, 0.2) is 24.3 Å². The van der Waals surface area contributed by atoms with E-state index in [0.29, 0.717) is 0 Å². The molecule has 0 saturated carbocycles. The zero-order valence-electron chi connectivity index (χ0n) is 14.7. The van der Waals surface area contributed by atoms with Crippen LogP contribution in [0, 0.1) is 0 Å². The van der Waals surface area contributed by atoms with E-state index in [-0.39, 0.29) is 22.3 Å². The van der Waals surface area contributed by atoms with E-state index in [1.165, 1.54) is 12.1 Å². The standard InChI is InChI=1S/C20H16O8/c1-28-19(26)20(27)6-10-12(11(21)7-20)18(25)14-13(17(10)24)15(22)8-4-2-3-5-9(8)16(14)23/h2-5,11,21,24-25,27H,6-7H2,1H3/t11-,20-/m0/s1. The molecule has 4 N–H and O–H groups in total. The Morgan fingerprint density at radius 1 is 1.07 bits per heavy atom. The van der Waals surface area contributed by atoms with Crippen LogP contribution in [0.1, 0.15) is 55.5 Å². The van der Waals surface area contributed by atoms with Gasteiger partial charge in [0, 0.05) is 35.1 Å². The highest BCUT2D eigenvalue weighted by atomic mass is 16.5. The summed E-state index contributed by atoms with van der Waals surface area (Å²) in [6, 6.07) is 5.98. The van der Waals surface area contributed by atoms with E-state index >= 15 is 0 Å². The lowest BCUT2D eigenvalue weighted by atomic mass is 9.73. The molecule has 4 rings (SSSR count). The maximum atomic E-state index is 12.9. The molecular weight excluding hydrogens is 368 g/mol. The number of esters is 1. The van der Waals surface area contributed by atoms with Crippen LogP contribution in [0.2, 0.25) is 0 Å². The summed E-state index contributed by atoms with van der Waals surface area (Å²) in [5, 5.41) is 42.5. The lowest BCUT2D eigenvalue weighted by Crippen LogP contribution is -2.46. The Bertz CT molecular complexity index is 1070. The van der Waals surface area contributed by atoms with Gasteiger partial charge in [0.2, 0.25) is 0 Å². The number of phenolic OH excluding ortho intramolecular Hbond substituents is 2. The zero-order valence-corrected chi connectivity index (χ0v) is 14.7. The van der Waals surface area contributed by atoms with Crippen LogP contribution in [-0.2, 0) is 16.0 Å². The van der Waals surface area contributed by atoms with Gasteiger partial charge in [-0.15, -0.1) is 0 Å². The van der Waals surface area contributed by atoms with Gasteiger partial charge in [-0.25, -0.2) is 4.79 Å². The Balaban J connectivity index is 2.00. The summed E-state index contributed by atoms with van der Waals surface area (Å²) < 4.78 is 4.56. The number of ketones is 2. The fourth-order valence-electron chi connectivity index (χ4n) is 4.05. The summed E-state index contributed by atoms with van der Waals surface area (Å²) in [7, 11) is 1.06. The maximum absolute atomic E-state index is 12.9. The summed E-state index contributed by atoms with van der Waals surface area (Å²) in [6.45, 7) is 0. The van der Waals surface area contributed by atoms with E-state index in [4.69, 9.17) is 0 Å². The van der Waals surface area contributed by atoms with E-state index < -0.39 is 64.7 Å². The largest absolute Gasteiger partial charge is 0.507 e. The average Bonchev–Trinajstić information content (AvgIpc) is 2.67. The second kappa shape index (κ2) is 5.88. The number of rotatable bonds is 1. The summed E-state index contributed by atoms with van der Waals surface area (Å²) in [6.07, 6.45) is -2.57. The Labute approximate surface area is 158 Å². The van der Waals surface area contributed by atoms with Gasteiger partial charge in [-0.3, -0.25) is 9.59 Å². The van der Waals surface area contributed by atoms with Crippen LogP contribution in [0.3, 0.4) is 0 Å². The van der Waals surface area contributed by atoms with Crippen molar-refractivity contribution in [3.05, 3.63) is 57.6 Å². The number of aliphatic hydroxyl groups excluding tert-OH is 1. The Morgan fingerprint density at radius 3 is 2.14 bits per heavy atom. The fourth-order valence-corrected chi connectivity index (χ4v) is 4.05. The molecule has 8 heteroatoms. The molecule has 0 fully saturated rings. The van der Waals surface area contributed by atoms with E-state index in [1.54, 1.807) is 12.1 Å². The molecule has 0 unspecified atom stereocenters. The van der Waals surface area contributed by atoms with Crippen LogP contribution < -0.4 is 0 Å². The van der Waals surface area contributed by atoms with Gasteiger partial charge in [0.25, 0.3) is 0 Å². The second-order valence-corrected chi connectivity index (χ2v) is 6.96. The van der Waals surface area contributed by atoms with Gasteiger partial charge in [0.15, 0.2) is 17.2 Å². The van der Waals surface area contributed by atoms with E-state index in [0.717, 1.165) is 7.11 Å². The molecule has 0 spiro atoms. The van der Waals surface area contributed by atoms with Crippen molar-refractivity contribution < 1.29 is 39.5 Å². The first-order valence-corrected chi connectivity index (χ1v) is 8.49. The molecule has 0 bridgehead atoms. The molecule has 2 aromatic carbocycles. The number of methoxy groups -OCH3 is 1. The van der Waals surface area contributed by atoms with E-state index in [9.17, 15) is 34.8 Å². The highest BCUT2D eigenvalue weighted by molar-refractivity contribution is 6.30. The molecule has 0 radical (unpaired) electrons. The average molecular weight is 384 g/mol. The van der Waals surface area contributed by atoms with E-state index in [2.05, 4.69) is 4.74 Å². The minimum atomic E-state index is -2.15. The van der Waals surface area contributed by atoms with Gasteiger partial charge in [-0.1, -0.05) is 24.3 Å². The van der Waals surface area contributed by atoms with Gasteiger partial charge in [0.05, 0.1) is 24.3 Å². The molecular formula is C20H16O8. The summed E-state index contributed by atoms with van der Waals surface area (Å²) in [5.41, 5.74) is -3.20. The molecule has 28 heavy (non-hydrogen) atoms. The number of benzene rings is 2. The smallest absolute Gasteiger partial charge is 0.338 e. The molecule has 0 amide bonds. The van der Waals surface area contributed by atoms with Crippen LogP contribution in [0.5, 0.6) is 11.5 Å². The third-order valence-electron chi connectivity index (χ3n) is 5.36. The van der Waals surface area contributed by atoms with Crippen molar-refractivity contribution in [2.75, 3.05) is 7.11 Å². The number of phenols is 2. The van der Waals surface area contributed by atoms with Crippen molar-refractivity contribution in [1.29, 1.82) is 0 Å². The summed E-state index contributed by atoms with van der Waals surface area (Å²) in [4.78, 5) is 37.7.